The first-order chi connectivity index (χ1) is 16.1. The van der Waals surface area contributed by atoms with Gasteiger partial charge in [-0.3, -0.25) is 4.57 Å². The molecule has 3 aromatic carbocycles. The number of ether oxygens (including phenoxy) is 1. The molecule has 7 nitrogen and oxygen atoms in total. The lowest BCUT2D eigenvalue weighted by Crippen LogP contribution is -2.24. The van der Waals surface area contributed by atoms with E-state index in [2.05, 4.69) is 5.32 Å². The van der Waals surface area contributed by atoms with Gasteiger partial charge in [0.05, 0.1) is 17.1 Å². The zero-order chi connectivity index (χ0) is 22.8. The molecule has 7 heteroatoms. The van der Waals surface area contributed by atoms with Gasteiger partial charge in [0.2, 0.25) is 0 Å². The number of benzene rings is 3. The van der Waals surface area contributed by atoms with Gasteiger partial charge in [0, 0.05) is 5.69 Å². The van der Waals surface area contributed by atoms with Crippen LogP contribution in [0.3, 0.4) is 0 Å². The number of nitrogens with zero attached hydrogens (tertiary/aromatic N) is 2. The molecule has 0 saturated heterocycles. The van der Waals surface area contributed by atoms with Crippen molar-refractivity contribution in [1.82, 2.24) is 9.13 Å². The molecular formula is C26H23N5O2. The molecule has 0 unspecified atom stereocenters. The van der Waals surface area contributed by atoms with Crippen LogP contribution in [0.1, 0.15) is 18.5 Å². The molecule has 0 atom stereocenters. The molecular weight excluding hydrogens is 414 g/mol. The number of para-hydroxylation sites is 1. The number of hydrogen-bond donors (Lipinski definition) is 3. The average molecular weight is 438 g/mol. The standard InChI is InChI=1S/C26H23N5O2/c27-18-7-6-8-20(17-18)31-25-24(23(28)11-4-5-16-29-25)30(26(31)32)19-12-14-22(15-13-19)33-21-9-2-1-3-10-21/h1-3,5-10,12-17,28-29H,4,11,27H2. The fourth-order valence-corrected chi connectivity index (χ4v) is 3.91. The molecule has 0 spiro atoms. The molecule has 5 rings (SSSR count). The molecule has 33 heavy (non-hydrogen) atoms. The van der Waals surface area contributed by atoms with Crippen LogP contribution in [0.25, 0.3) is 11.4 Å². The average Bonchev–Trinajstić information content (AvgIpc) is 3.10. The van der Waals surface area contributed by atoms with E-state index >= 15 is 0 Å². The van der Waals surface area contributed by atoms with Crippen LogP contribution in [0.2, 0.25) is 0 Å². The zero-order valence-electron chi connectivity index (χ0n) is 17.9. The number of allylic oxidation sites excluding steroid dienone is 1. The van der Waals surface area contributed by atoms with E-state index in [0.29, 0.717) is 52.9 Å². The first-order valence-electron chi connectivity index (χ1n) is 10.7. The minimum atomic E-state index is -0.283. The highest BCUT2D eigenvalue weighted by molar-refractivity contribution is 6.02. The fourth-order valence-electron chi connectivity index (χ4n) is 3.91. The minimum absolute atomic E-state index is 0.283. The molecule has 2 heterocycles. The number of nitrogens with one attached hydrogen (secondary N) is 2. The number of imidazole rings is 1. The summed E-state index contributed by atoms with van der Waals surface area (Å²) in [6.45, 7) is 0. The molecule has 0 amide bonds. The molecule has 1 aromatic heterocycles. The molecule has 1 aliphatic heterocycles. The second-order valence-corrected chi connectivity index (χ2v) is 7.72. The number of aromatic nitrogens is 2. The molecule has 4 aromatic rings. The van der Waals surface area contributed by atoms with Crippen LogP contribution in [-0.4, -0.2) is 14.8 Å². The highest BCUT2D eigenvalue weighted by Gasteiger charge is 2.25. The predicted octanol–water partition coefficient (Wildman–Crippen LogP) is 5.09. The smallest absolute Gasteiger partial charge is 0.339 e. The third-order valence-corrected chi connectivity index (χ3v) is 5.44. The summed E-state index contributed by atoms with van der Waals surface area (Å²) in [5.74, 6) is 1.93. The summed E-state index contributed by atoms with van der Waals surface area (Å²) in [4.78, 5) is 13.7. The Kier molecular flexibility index (Phi) is 5.28. The van der Waals surface area contributed by atoms with Gasteiger partial charge in [-0.1, -0.05) is 30.3 Å². The number of anilines is 2. The maximum Gasteiger partial charge on any atom is 0.339 e. The van der Waals surface area contributed by atoms with E-state index in [1.54, 1.807) is 27.3 Å². The number of nitrogens with two attached hydrogens (primary N) is 1. The van der Waals surface area contributed by atoms with Crippen molar-refractivity contribution in [1.29, 1.82) is 5.41 Å². The van der Waals surface area contributed by atoms with Crippen molar-refractivity contribution in [2.75, 3.05) is 11.1 Å². The van der Waals surface area contributed by atoms with Crippen LogP contribution in [-0.2, 0) is 0 Å². The number of fused-ring (bicyclic) bond motifs is 1. The number of rotatable bonds is 4. The Morgan fingerprint density at radius 3 is 2.39 bits per heavy atom. The summed E-state index contributed by atoms with van der Waals surface area (Å²) in [7, 11) is 0. The summed E-state index contributed by atoms with van der Waals surface area (Å²) in [6, 6.07) is 24.0. The third kappa shape index (κ3) is 3.92. The molecule has 4 N–H and O–H groups in total. The lowest BCUT2D eigenvalue weighted by atomic mass is 10.1. The monoisotopic (exact) mass is 437 g/mol. The molecule has 0 bridgehead atoms. The predicted molar refractivity (Wildman–Crippen MR) is 131 cm³/mol. The Bertz CT molecular complexity index is 1400. The summed E-state index contributed by atoms with van der Waals surface area (Å²) in [5.41, 5.74) is 8.46. The molecule has 0 saturated carbocycles. The van der Waals surface area contributed by atoms with Crippen molar-refractivity contribution in [3.63, 3.8) is 0 Å². The van der Waals surface area contributed by atoms with Crippen LogP contribution in [0.4, 0.5) is 11.5 Å². The Labute approximate surface area is 190 Å². The van der Waals surface area contributed by atoms with Gasteiger partial charge in [-0.15, -0.1) is 0 Å². The maximum atomic E-state index is 13.7. The molecule has 1 aliphatic rings. The van der Waals surface area contributed by atoms with E-state index in [1.807, 2.05) is 72.9 Å². The fraction of sp³-hybridized carbons (Fsp3) is 0.0769. The summed E-state index contributed by atoms with van der Waals surface area (Å²) in [6.07, 6.45) is 5.01. The molecule has 0 radical (unpaired) electrons. The van der Waals surface area contributed by atoms with Crippen molar-refractivity contribution >= 4 is 17.2 Å². The van der Waals surface area contributed by atoms with Gasteiger partial charge in [-0.2, -0.15) is 0 Å². The van der Waals surface area contributed by atoms with Crippen molar-refractivity contribution in [3.8, 4) is 22.9 Å². The second-order valence-electron chi connectivity index (χ2n) is 7.72. The van der Waals surface area contributed by atoms with E-state index in [9.17, 15) is 4.79 Å². The van der Waals surface area contributed by atoms with Gasteiger partial charge in [-0.25, -0.2) is 9.36 Å². The summed E-state index contributed by atoms with van der Waals surface area (Å²) >= 11 is 0. The second kappa shape index (κ2) is 8.55. The van der Waals surface area contributed by atoms with Crippen molar-refractivity contribution in [2.45, 2.75) is 12.8 Å². The zero-order valence-corrected chi connectivity index (χ0v) is 17.9. The summed E-state index contributed by atoms with van der Waals surface area (Å²) in [5, 5.41) is 11.9. The largest absolute Gasteiger partial charge is 0.457 e. The topological polar surface area (TPSA) is 98.1 Å². The Hall–Kier alpha value is -4.52. The van der Waals surface area contributed by atoms with E-state index in [0.717, 1.165) is 5.75 Å². The SMILES string of the molecule is N=C1CCC=CNc2c1n(-c1ccc(Oc3ccccc3)cc1)c(=O)n2-c1cccc(N)c1. The van der Waals surface area contributed by atoms with Crippen molar-refractivity contribution < 1.29 is 4.74 Å². The number of hydrogen-bond acceptors (Lipinski definition) is 5. The van der Waals surface area contributed by atoms with Gasteiger partial charge >= 0.3 is 5.69 Å². The van der Waals surface area contributed by atoms with E-state index in [4.69, 9.17) is 15.9 Å². The Balaban J connectivity index is 1.64. The highest BCUT2D eigenvalue weighted by Crippen LogP contribution is 2.28. The van der Waals surface area contributed by atoms with Gasteiger partial charge < -0.3 is 21.2 Å². The quantitative estimate of drug-likeness (QED) is 0.387. The van der Waals surface area contributed by atoms with Crippen LogP contribution >= 0.6 is 0 Å². The number of nitrogen functional groups attached to an aromatic ring is 1. The van der Waals surface area contributed by atoms with Crippen LogP contribution in [0.5, 0.6) is 11.5 Å². The van der Waals surface area contributed by atoms with Gasteiger partial charge in [0.1, 0.15) is 23.0 Å². The Morgan fingerprint density at radius 2 is 1.64 bits per heavy atom. The van der Waals surface area contributed by atoms with Crippen LogP contribution in [0, 0.1) is 5.41 Å². The van der Waals surface area contributed by atoms with Crippen LogP contribution in [0.15, 0.2) is 95.9 Å². The third-order valence-electron chi connectivity index (χ3n) is 5.44. The lowest BCUT2D eigenvalue weighted by Gasteiger charge is -2.14. The molecule has 0 aliphatic carbocycles. The first-order valence-corrected chi connectivity index (χ1v) is 10.7. The van der Waals surface area contributed by atoms with Crippen molar-refractivity contribution in [3.05, 3.63) is 107 Å². The van der Waals surface area contributed by atoms with E-state index in [-0.39, 0.29) is 5.69 Å². The van der Waals surface area contributed by atoms with Gasteiger partial charge in [0.25, 0.3) is 0 Å². The van der Waals surface area contributed by atoms with Crippen molar-refractivity contribution in [2.24, 2.45) is 0 Å². The minimum Gasteiger partial charge on any atom is -0.457 e. The first kappa shape index (κ1) is 20.4. The highest BCUT2D eigenvalue weighted by atomic mass is 16.5. The normalized spacial score (nSPS) is 13.0. The van der Waals surface area contributed by atoms with Crippen LogP contribution < -0.4 is 21.5 Å². The molecule has 164 valence electrons. The van der Waals surface area contributed by atoms with Gasteiger partial charge in [0.15, 0.2) is 0 Å². The van der Waals surface area contributed by atoms with E-state index in [1.165, 1.54) is 0 Å². The molecule has 0 fully saturated rings. The van der Waals surface area contributed by atoms with E-state index < -0.39 is 0 Å². The Morgan fingerprint density at radius 1 is 0.879 bits per heavy atom. The maximum absolute atomic E-state index is 13.7. The van der Waals surface area contributed by atoms with Gasteiger partial charge in [-0.05, 0) is 73.6 Å². The summed E-state index contributed by atoms with van der Waals surface area (Å²) < 4.78 is 9.02. The lowest BCUT2D eigenvalue weighted by molar-refractivity contribution is 0.482.